The monoisotopic (exact) mass is 400 g/mol. The van der Waals surface area contributed by atoms with Crippen molar-refractivity contribution in [1.82, 2.24) is 19.7 Å². The van der Waals surface area contributed by atoms with E-state index >= 15 is 0 Å². The van der Waals surface area contributed by atoms with Gasteiger partial charge in [-0.2, -0.15) is 5.10 Å². The molecule has 0 bridgehead atoms. The molecule has 0 radical (unpaired) electrons. The van der Waals surface area contributed by atoms with E-state index in [0.29, 0.717) is 24.8 Å². The summed E-state index contributed by atoms with van der Waals surface area (Å²) in [5.41, 5.74) is 9.99. The SMILES string of the molecule is Nc1nc2cc(C3=CC=NC3)ccc2c2nn(CC3(C(=O)N4CCCC4)CC3)cc12. The van der Waals surface area contributed by atoms with E-state index < -0.39 is 0 Å². The zero-order valence-corrected chi connectivity index (χ0v) is 16.8. The van der Waals surface area contributed by atoms with Crippen molar-refractivity contribution in [3.05, 3.63) is 36.0 Å². The van der Waals surface area contributed by atoms with Crippen molar-refractivity contribution in [2.45, 2.75) is 32.2 Å². The number of allylic oxidation sites excluding steroid dienone is 1. The number of fused-ring (bicyclic) bond motifs is 3. The summed E-state index contributed by atoms with van der Waals surface area (Å²) in [6.45, 7) is 3.10. The zero-order chi connectivity index (χ0) is 20.3. The Morgan fingerprint density at radius 1 is 1.17 bits per heavy atom. The van der Waals surface area contributed by atoms with Crippen molar-refractivity contribution in [2.75, 3.05) is 25.4 Å². The molecule has 1 aliphatic carbocycles. The van der Waals surface area contributed by atoms with Crippen LogP contribution in [0.2, 0.25) is 0 Å². The van der Waals surface area contributed by atoms with E-state index in [9.17, 15) is 4.79 Å². The lowest BCUT2D eigenvalue weighted by atomic mass is 10.0. The second kappa shape index (κ2) is 6.39. The van der Waals surface area contributed by atoms with Crippen LogP contribution in [-0.4, -0.2) is 51.4 Å². The van der Waals surface area contributed by atoms with Crippen LogP contribution in [0, 0.1) is 5.41 Å². The minimum atomic E-state index is -0.285. The third-order valence-electron chi connectivity index (χ3n) is 6.71. The number of amides is 1. The number of hydrogen-bond donors (Lipinski definition) is 1. The molecule has 30 heavy (non-hydrogen) atoms. The molecule has 2 N–H and O–H groups in total. The van der Waals surface area contributed by atoms with Crippen molar-refractivity contribution < 1.29 is 4.79 Å². The normalized spacial score (nSPS) is 19.7. The fraction of sp³-hybridized carbons (Fsp3) is 0.391. The van der Waals surface area contributed by atoms with Gasteiger partial charge in [0.25, 0.3) is 0 Å². The summed E-state index contributed by atoms with van der Waals surface area (Å²) in [6, 6.07) is 6.22. The molecule has 3 aromatic rings. The molecule has 1 saturated heterocycles. The largest absolute Gasteiger partial charge is 0.383 e. The number of aliphatic imine (C=N–C) groups is 1. The molecular formula is C23H24N6O. The lowest BCUT2D eigenvalue weighted by Gasteiger charge is -2.22. The lowest BCUT2D eigenvalue weighted by Crippen LogP contribution is -2.37. The molecule has 1 aromatic carbocycles. The Kier molecular flexibility index (Phi) is 3.75. The highest BCUT2D eigenvalue weighted by atomic mass is 16.2. The Bertz CT molecular complexity index is 1240. The van der Waals surface area contributed by atoms with Gasteiger partial charge >= 0.3 is 0 Å². The first-order valence-corrected chi connectivity index (χ1v) is 10.7. The third kappa shape index (κ3) is 2.72. The first kappa shape index (κ1) is 17.6. The molecule has 2 aromatic heterocycles. The number of nitrogens with zero attached hydrogens (tertiary/aromatic N) is 5. The average Bonchev–Trinajstić information content (AvgIpc) is 3.23. The predicted molar refractivity (Wildman–Crippen MR) is 118 cm³/mol. The standard InChI is InChI=1S/C23H24N6O/c24-21-18-13-29(14-23(6-7-23)22(30)28-9-1-2-10-28)27-20(18)17-4-3-15(11-19(17)26-21)16-5-8-25-12-16/h3-5,8,11,13H,1-2,6-7,9-10,12,14H2,(H2,24,26). The van der Waals surface area contributed by atoms with Crippen molar-refractivity contribution in [3.63, 3.8) is 0 Å². The minimum absolute atomic E-state index is 0.285. The number of likely N-dealkylation sites (tertiary alicyclic amines) is 1. The number of nitrogens with two attached hydrogens (primary N) is 1. The first-order chi connectivity index (χ1) is 14.6. The number of hydrogen-bond acceptors (Lipinski definition) is 5. The molecule has 7 nitrogen and oxygen atoms in total. The van der Waals surface area contributed by atoms with Crippen molar-refractivity contribution in [1.29, 1.82) is 0 Å². The summed E-state index contributed by atoms with van der Waals surface area (Å²) in [4.78, 5) is 24.0. The van der Waals surface area contributed by atoms with E-state index in [0.717, 1.165) is 66.1 Å². The number of anilines is 1. The Morgan fingerprint density at radius 2 is 2.00 bits per heavy atom. The predicted octanol–water partition coefficient (Wildman–Crippen LogP) is 3.04. The van der Waals surface area contributed by atoms with Gasteiger partial charge in [0.05, 0.1) is 29.4 Å². The Hall–Kier alpha value is -3.22. The van der Waals surface area contributed by atoms with Crippen LogP contribution in [0.25, 0.3) is 27.4 Å². The molecule has 0 atom stereocenters. The molecule has 6 rings (SSSR count). The summed E-state index contributed by atoms with van der Waals surface area (Å²) in [5.74, 6) is 0.778. The molecule has 2 fully saturated rings. The van der Waals surface area contributed by atoms with Gasteiger partial charge in [0.1, 0.15) is 11.3 Å². The molecule has 1 saturated carbocycles. The fourth-order valence-corrected chi connectivity index (χ4v) is 4.79. The van der Waals surface area contributed by atoms with E-state index in [1.807, 2.05) is 28.1 Å². The maximum atomic E-state index is 13.0. The van der Waals surface area contributed by atoms with Crippen LogP contribution in [0.15, 0.2) is 35.5 Å². The second-order valence-electron chi connectivity index (χ2n) is 8.78. The van der Waals surface area contributed by atoms with Crippen LogP contribution < -0.4 is 5.73 Å². The number of nitrogen functional groups attached to an aromatic ring is 1. The molecule has 3 aliphatic rings. The van der Waals surface area contributed by atoms with Crippen LogP contribution in [0.4, 0.5) is 5.82 Å². The van der Waals surface area contributed by atoms with Gasteiger partial charge in [0, 0.05) is 30.9 Å². The zero-order valence-electron chi connectivity index (χ0n) is 16.8. The van der Waals surface area contributed by atoms with Crippen LogP contribution in [-0.2, 0) is 11.3 Å². The highest BCUT2D eigenvalue weighted by molar-refractivity contribution is 6.08. The second-order valence-corrected chi connectivity index (χ2v) is 8.78. The summed E-state index contributed by atoms with van der Waals surface area (Å²) in [7, 11) is 0. The number of pyridine rings is 1. The summed E-state index contributed by atoms with van der Waals surface area (Å²) >= 11 is 0. The van der Waals surface area contributed by atoms with Gasteiger partial charge in [-0.1, -0.05) is 6.07 Å². The Labute approximate surface area is 174 Å². The van der Waals surface area contributed by atoms with Gasteiger partial charge in [0.15, 0.2) is 0 Å². The molecule has 4 heterocycles. The van der Waals surface area contributed by atoms with Gasteiger partial charge in [-0.25, -0.2) is 4.98 Å². The number of rotatable bonds is 4. The maximum absolute atomic E-state index is 13.0. The van der Waals surface area contributed by atoms with Gasteiger partial charge in [-0.05, 0) is 55.0 Å². The molecule has 0 unspecified atom stereocenters. The van der Waals surface area contributed by atoms with Crippen molar-refractivity contribution >= 4 is 45.3 Å². The number of carbonyl (C=O) groups is 1. The van der Waals surface area contributed by atoms with Crippen LogP contribution in [0.3, 0.4) is 0 Å². The van der Waals surface area contributed by atoms with E-state index in [1.54, 1.807) is 0 Å². The van der Waals surface area contributed by atoms with Crippen LogP contribution in [0.1, 0.15) is 31.2 Å². The highest BCUT2D eigenvalue weighted by Gasteiger charge is 2.52. The number of aromatic nitrogens is 3. The average molecular weight is 400 g/mol. The number of benzene rings is 1. The van der Waals surface area contributed by atoms with Crippen LogP contribution in [0.5, 0.6) is 0 Å². The molecular weight excluding hydrogens is 376 g/mol. The van der Waals surface area contributed by atoms with Gasteiger partial charge in [-0.15, -0.1) is 0 Å². The fourth-order valence-electron chi connectivity index (χ4n) is 4.79. The number of carbonyl (C=O) groups excluding carboxylic acids is 1. The highest BCUT2D eigenvalue weighted by Crippen LogP contribution is 2.49. The quantitative estimate of drug-likeness (QED) is 0.729. The van der Waals surface area contributed by atoms with E-state index in [1.165, 1.54) is 5.57 Å². The topological polar surface area (TPSA) is 89.4 Å². The molecule has 7 heteroatoms. The molecule has 0 spiro atoms. The van der Waals surface area contributed by atoms with E-state index in [4.69, 9.17) is 10.8 Å². The molecule has 2 aliphatic heterocycles. The smallest absolute Gasteiger partial charge is 0.230 e. The van der Waals surface area contributed by atoms with Gasteiger partial charge < -0.3 is 10.6 Å². The van der Waals surface area contributed by atoms with Crippen LogP contribution >= 0.6 is 0 Å². The molecule has 152 valence electrons. The molecule has 1 amide bonds. The first-order valence-electron chi connectivity index (χ1n) is 10.7. The third-order valence-corrected chi connectivity index (χ3v) is 6.71. The summed E-state index contributed by atoms with van der Waals surface area (Å²) in [6.07, 6.45) is 9.93. The van der Waals surface area contributed by atoms with E-state index in [2.05, 4.69) is 28.2 Å². The van der Waals surface area contributed by atoms with Crippen molar-refractivity contribution in [2.24, 2.45) is 10.4 Å². The Balaban J connectivity index is 1.36. The Morgan fingerprint density at radius 3 is 2.73 bits per heavy atom. The van der Waals surface area contributed by atoms with E-state index in [-0.39, 0.29) is 5.41 Å². The lowest BCUT2D eigenvalue weighted by molar-refractivity contribution is -0.136. The summed E-state index contributed by atoms with van der Waals surface area (Å²) < 4.78 is 1.91. The van der Waals surface area contributed by atoms with Gasteiger partial charge in [0.2, 0.25) is 5.91 Å². The minimum Gasteiger partial charge on any atom is -0.383 e. The summed E-state index contributed by atoms with van der Waals surface area (Å²) in [5, 5.41) is 6.68. The van der Waals surface area contributed by atoms with Gasteiger partial charge in [-0.3, -0.25) is 14.5 Å². The maximum Gasteiger partial charge on any atom is 0.230 e. The van der Waals surface area contributed by atoms with Crippen molar-refractivity contribution in [3.8, 4) is 0 Å².